The summed E-state index contributed by atoms with van der Waals surface area (Å²) in [6.45, 7) is 5.48. The Bertz CT molecular complexity index is 1160. The maximum atomic E-state index is 13.6. The molecule has 0 amide bonds. The van der Waals surface area contributed by atoms with E-state index in [4.69, 9.17) is 14.7 Å². The van der Waals surface area contributed by atoms with Gasteiger partial charge >= 0.3 is 0 Å². The van der Waals surface area contributed by atoms with Gasteiger partial charge in [0.25, 0.3) is 10.0 Å². The molecule has 1 unspecified atom stereocenters. The predicted octanol–water partition coefficient (Wildman–Crippen LogP) is 4.17. The molecule has 1 saturated heterocycles. The number of ketones is 1. The topological polar surface area (TPSA) is 96.7 Å². The number of carbonyl (C=O) groups excluding carboxylic acids is 1. The molecule has 174 valence electrons. The highest BCUT2D eigenvalue weighted by Crippen LogP contribution is 2.36. The van der Waals surface area contributed by atoms with Gasteiger partial charge in [0.05, 0.1) is 27.8 Å². The van der Waals surface area contributed by atoms with E-state index in [9.17, 15) is 13.2 Å². The Morgan fingerprint density at radius 1 is 1.12 bits per heavy atom. The van der Waals surface area contributed by atoms with Crippen LogP contribution in [0, 0.1) is 23.2 Å². The maximum Gasteiger partial charge on any atom is 0.264 e. The van der Waals surface area contributed by atoms with Crippen molar-refractivity contribution in [1.82, 2.24) is 0 Å². The quantitative estimate of drug-likeness (QED) is 0.631. The second kappa shape index (κ2) is 9.54. The molecule has 0 radical (unpaired) electrons. The Kier molecular flexibility index (Phi) is 6.73. The fraction of sp³-hybridized carbons (Fsp3) is 0.440. The first-order valence-corrected chi connectivity index (χ1v) is 12.7. The van der Waals surface area contributed by atoms with Crippen LogP contribution >= 0.6 is 0 Å². The van der Waals surface area contributed by atoms with E-state index in [-0.39, 0.29) is 41.6 Å². The number of nitrogens with zero attached hydrogens (tertiary/aromatic N) is 2. The van der Waals surface area contributed by atoms with Gasteiger partial charge in [0, 0.05) is 32.1 Å². The molecule has 33 heavy (non-hydrogen) atoms. The van der Waals surface area contributed by atoms with Crippen molar-refractivity contribution in [1.29, 1.82) is 5.26 Å². The van der Waals surface area contributed by atoms with Crippen LogP contribution < -0.4 is 9.04 Å². The van der Waals surface area contributed by atoms with Gasteiger partial charge in [-0.3, -0.25) is 9.10 Å². The van der Waals surface area contributed by atoms with E-state index in [1.54, 1.807) is 30.3 Å². The molecule has 2 aliphatic heterocycles. The number of carbonyl (C=O) groups is 1. The minimum atomic E-state index is -3.93. The molecule has 0 bridgehead atoms. The molecule has 0 saturated carbocycles. The van der Waals surface area contributed by atoms with Crippen LogP contribution in [0.15, 0.2) is 47.4 Å². The lowest BCUT2D eigenvalue weighted by molar-refractivity contribution is 0.0119. The van der Waals surface area contributed by atoms with Crippen molar-refractivity contribution in [3.05, 3.63) is 53.6 Å². The molecule has 1 atom stereocenters. The van der Waals surface area contributed by atoms with Crippen molar-refractivity contribution in [3.8, 4) is 11.8 Å². The number of nitriles is 1. The highest BCUT2D eigenvalue weighted by atomic mass is 32.2. The fourth-order valence-corrected chi connectivity index (χ4v) is 6.00. The summed E-state index contributed by atoms with van der Waals surface area (Å²) in [5.74, 6) is 0.671. The maximum absolute atomic E-state index is 13.6. The summed E-state index contributed by atoms with van der Waals surface area (Å²) in [6.07, 6.45) is 1.75. The second-order valence-corrected chi connectivity index (χ2v) is 10.8. The first-order chi connectivity index (χ1) is 15.8. The number of hydrogen-bond acceptors (Lipinski definition) is 6. The Hall–Kier alpha value is -2.89. The van der Waals surface area contributed by atoms with Crippen LogP contribution in [0.25, 0.3) is 0 Å². The lowest BCUT2D eigenvalue weighted by Gasteiger charge is -2.34. The monoisotopic (exact) mass is 468 g/mol. The average molecular weight is 469 g/mol. The molecule has 8 heteroatoms. The lowest BCUT2D eigenvalue weighted by atomic mass is 9.87. The molecule has 2 heterocycles. The SMILES string of the molecule is CC(C)CN(c1ccc(C#N)cc1)S(=O)(=O)c1ccc2c(c1)C(=O)CC(C1CCOCC1)O2. The molecule has 4 rings (SSSR count). The van der Waals surface area contributed by atoms with Crippen LogP contribution in [0.5, 0.6) is 5.75 Å². The summed E-state index contributed by atoms with van der Waals surface area (Å²) < 4.78 is 40.1. The van der Waals surface area contributed by atoms with Crippen LogP contribution in [-0.4, -0.2) is 40.1 Å². The van der Waals surface area contributed by atoms with Gasteiger partial charge in [-0.05, 0) is 61.2 Å². The number of sulfonamides is 1. The van der Waals surface area contributed by atoms with Gasteiger partial charge in [-0.15, -0.1) is 0 Å². The molecule has 2 aromatic rings. The average Bonchev–Trinajstić information content (AvgIpc) is 2.82. The van der Waals surface area contributed by atoms with Crippen LogP contribution in [0.3, 0.4) is 0 Å². The molecular weight excluding hydrogens is 440 g/mol. The molecular formula is C25H28N2O5S. The van der Waals surface area contributed by atoms with Gasteiger partial charge in [0.15, 0.2) is 5.78 Å². The largest absolute Gasteiger partial charge is 0.489 e. The number of hydrogen-bond donors (Lipinski definition) is 0. The predicted molar refractivity (Wildman–Crippen MR) is 124 cm³/mol. The van der Waals surface area contributed by atoms with E-state index in [0.717, 1.165) is 12.8 Å². The Morgan fingerprint density at radius 2 is 1.82 bits per heavy atom. The lowest BCUT2D eigenvalue weighted by Crippen LogP contribution is -2.37. The van der Waals surface area contributed by atoms with Gasteiger partial charge in [-0.1, -0.05) is 13.8 Å². The minimum Gasteiger partial charge on any atom is -0.489 e. The number of ether oxygens (including phenoxy) is 2. The highest BCUT2D eigenvalue weighted by molar-refractivity contribution is 7.92. The van der Waals surface area contributed by atoms with Gasteiger partial charge in [0.1, 0.15) is 11.9 Å². The van der Waals surface area contributed by atoms with Crippen molar-refractivity contribution in [2.45, 2.75) is 44.1 Å². The summed E-state index contributed by atoms with van der Waals surface area (Å²) in [6, 6.07) is 13.0. The van der Waals surface area contributed by atoms with Crippen molar-refractivity contribution < 1.29 is 22.7 Å². The Morgan fingerprint density at radius 3 is 2.45 bits per heavy atom. The second-order valence-electron chi connectivity index (χ2n) is 8.98. The van der Waals surface area contributed by atoms with Crippen molar-refractivity contribution in [2.75, 3.05) is 24.1 Å². The Balaban J connectivity index is 1.65. The molecule has 0 aliphatic carbocycles. The number of fused-ring (bicyclic) bond motifs is 1. The van der Waals surface area contributed by atoms with E-state index < -0.39 is 10.0 Å². The van der Waals surface area contributed by atoms with E-state index in [0.29, 0.717) is 35.8 Å². The summed E-state index contributed by atoms with van der Waals surface area (Å²) in [4.78, 5) is 13.0. The first-order valence-electron chi connectivity index (χ1n) is 11.2. The molecule has 0 aromatic heterocycles. The van der Waals surface area contributed by atoms with Gasteiger partial charge < -0.3 is 9.47 Å². The van der Waals surface area contributed by atoms with Gasteiger partial charge in [-0.25, -0.2) is 8.42 Å². The normalized spacial score (nSPS) is 19.0. The number of Topliss-reactive ketones (excluding diaryl/α,β-unsaturated/α-hetero) is 1. The molecule has 7 nitrogen and oxygen atoms in total. The number of benzene rings is 2. The van der Waals surface area contributed by atoms with Crippen LogP contribution in [0.2, 0.25) is 0 Å². The van der Waals surface area contributed by atoms with Crippen molar-refractivity contribution in [3.63, 3.8) is 0 Å². The van der Waals surface area contributed by atoms with Crippen LogP contribution in [-0.2, 0) is 14.8 Å². The fourth-order valence-electron chi connectivity index (χ4n) is 4.34. The molecule has 2 aromatic carbocycles. The van der Waals surface area contributed by atoms with E-state index in [1.807, 2.05) is 19.9 Å². The molecule has 2 aliphatic rings. The minimum absolute atomic E-state index is 0.0488. The van der Waals surface area contributed by atoms with Crippen LogP contribution in [0.1, 0.15) is 49.0 Å². The zero-order valence-corrected chi connectivity index (χ0v) is 19.7. The zero-order chi connectivity index (χ0) is 23.6. The van der Waals surface area contributed by atoms with E-state index >= 15 is 0 Å². The van der Waals surface area contributed by atoms with Crippen molar-refractivity contribution >= 4 is 21.5 Å². The zero-order valence-electron chi connectivity index (χ0n) is 18.9. The summed E-state index contributed by atoms with van der Waals surface area (Å²) in [5.41, 5.74) is 1.24. The van der Waals surface area contributed by atoms with Crippen LogP contribution in [0.4, 0.5) is 5.69 Å². The summed E-state index contributed by atoms with van der Waals surface area (Å²) >= 11 is 0. The molecule has 0 N–H and O–H groups in total. The number of rotatable bonds is 6. The Labute approximate surface area is 195 Å². The third-order valence-electron chi connectivity index (χ3n) is 6.11. The van der Waals surface area contributed by atoms with Crippen molar-refractivity contribution in [2.24, 2.45) is 11.8 Å². The molecule has 0 spiro atoms. The van der Waals surface area contributed by atoms with E-state index in [2.05, 4.69) is 0 Å². The van der Waals surface area contributed by atoms with Gasteiger partial charge in [0.2, 0.25) is 0 Å². The summed E-state index contributed by atoms with van der Waals surface area (Å²) in [5, 5.41) is 9.06. The molecule has 1 fully saturated rings. The third-order valence-corrected chi connectivity index (χ3v) is 7.90. The summed E-state index contributed by atoms with van der Waals surface area (Å²) in [7, 11) is -3.93. The van der Waals surface area contributed by atoms with E-state index in [1.165, 1.54) is 16.4 Å². The highest BCUT2D eigenvalue weighted by Gasteiger charge is 2.35. The smallest absolute Gasteiger partial charge is 0.264 e. The van der Waals surface area contributed by atoms with Gasteiger partial charge in [-0.2, -0.15) is 5.26 Å². The number of anilines is 1. The third kappa shape index (κ3) is 4.90. The first kappa shape index (κ1) is 23.3. The standard InChI is InChI=1S/C25H28N2O5S/c1-17(2)16-27(20-5-3-18(15-26)4-6-20)33(29,30)21-7-8-24-22(13-21)23(28)14-25(32-24)19-9-11-31-12-10-19/h3-8,13,17,19,25H,9-12,14,16H2,1-2H3.